The highest BCUT2D eigenvalue weighted by molar-refractivity contribution is 6.31. The molecule has 1 aromatic carbocycles. The van der Waals surface area contributed by atoms with Crippen molar-refractivity contribution in [1.82, 2.24) is 0 Å². The largest absolute Gasteiger partial charge is 0.467 e. The van der Waals surface area contributed by atoms with Gasteiger partial charge in [-0.2, -0.15) is 0 Å². The Labute approximate surface area is 109 Å². The molecule has 0 N–H and O–H groups in total. The van der Waals surface area contributed by atoms with E-state index in [4.69, 9.17) is 25.5 Å². The van der Waals surface area contributed by atoms with Crippen molar-refractivity contribution in [2.75, 3.05) is 13.4 Å². The summed E-state index contributed by atoms with van der Waals surface area (Å²) in [5.41, 5.74) is 0.624. The molecule has 4 nitrogen and oxygen atoms in total. The molecule has 1 heterocycles. The monoisotopic (exact) mass is 268 g/mol. The SMILES string of the molecule is CCOCOc1ccc2c(C)c(Cl)c(=O)oc2c1. The van der Waals surface area contributed by atoms with E-state index in [1.165, 1.54) is 0 Å². The minimum atomic E-state index is -0.538. The van der Waals surface area contributed by atoms with Gasteiger partial charge in [-0.3, -0.25) is 0 Å². The molecule has 0 amide bonds. The zero-order valence-electron chi connectivity index (χ0n) is 10.2. The lowest BCUT2D eigenvalue weighted by Gasteiger charge is -2.07. The molecule has 0 fully saturated rings. The van der Waals surface area contributed by atoms with Crippen LogP contribution in [0, 0.1) is 6.92 Å². The lowest BCUT2D eigenvalue weighted by molar-refractivity contribution is 0.0224. The van der Waals surface area contributed by atoms with Crippen molar-refractivity contribution < 1.29 is 13.9 Å². The van der Waals surface area contributed by atoms with Crippen LogP contribution in [0.15, 0.2) is 27.4 Å². The third-order valence-electron chi connectivity index (χ3n) is 2.58. The van der Waals surface area contributed by atoms with E-state index >= 15 is 0 Å². The molecule has 18 heavy (non-hydrogen) atoms. The second-order valence-electron chi connectivity index (χ2n) is 3.74. The van der Waals surface area contributed by atoms with E-state index in [0.29, 0.717) is 23.5 Å². The van der Waals surface area contributed by atoms with Crippen LogP contribution in [0.1, 0.15) is 12.5 Å². The van der Waals surface area contributed by atoms with Crippen molar-refractivity contribution in [3.05, 3.63) is 39.2 Å². The summed E-state index contributed by atoms with van der Waals surface area (Å²) in [6, 6.07) is 5.24. The summed E-state index contributed by atoms with van der Waals surface area (Å²) in [6.07, 6.45) is 0. The van der Waals surface area contributed by atoms with Gasteiger partial charge in [0.15, 0.2) is 6.79 Å². The maximum absolute atomic E-state index is 11.5. The first-order chi connectivity index (χ1) is 8.63. The van der Waals surface area contributed by atoms with Gasteiger partial charge in [0, 0.05) is 18.1 Å². The summed E-state index contributed by atoms with van der Waals surface area (Å²) in [5.74, 6) is 0.584. The van der Waals surface area contributed by atoms with E-state index < -0.39 is 5.63 Å². The Morgan fingerprint density at radius 1 is 1.39 bits per heavy atom. The Bertz CT molecular complexity index is 618. The number of hydrogen-bond acceptors (Lipinski definition) is 4. The maximum Gasteiger partial charge on any atom is 0.355 e. The van der Waals surface area contributed by atoms with Gasteiger partial charge in [0.25, 0.3) is 0 Å². The zero-order valence-corrected chi connectivity index (χ0v) is 10.9. The van der Waals surface area contributed by atoms with Gasteiger partial charge in [0.2, 0.25) is 0 Å². The quantitative estimate of drug-likeness (QED) is 0.486. The predicted octanol–water partition coefficient (Wildman–Crippen LogP) is 3.13. The summed E-state index contributed by atoms with van der Waals surface area (Å²) in [4.78, 5) is 11.5. The molecule has 0 aliphatic carbocycles. The fourth-order valence-electron chi connectivity index (χ4n) is 1.60. The smallest absolute Gasteiger partial charge is 0.355 e. The van der Waals surface area contributed by atoms with Gasteiger partial charge in [-0.1, -0.05) is 11.6 Å². The van der Waals surface area contributed by atoms with Crippen LogP contribution in [0.2, 0.25) is 5.02 Å². The van der Waals surface area contributed by atoms with Crippen molar-refractivity contribution in [1.29, 1.82) is 0 Å². The molecule has 0 saturated carbocycles. The first-order valence-electron chi connectivity index (χ1n) is 5.57. The molecular weight excluding hydrogens is 256 g/mol. The van der Waals surface area contributed by atoms with Crippen LogP contribution in [-0.2, 0) is 4.74 Å². The number of ether oxygens (including phenoxy) is 2. The Morgan fingerprint density at radius 2 is 2.17 bits per heavy atom. The Balaban J connectivity index is 2.40. The summed E-state index contributed by atoms with van der Waals surface area (Å²) in [7, 11) is 0. The van der Waals surface area contributed by atoms with Crippen LogP contribution >= 0.6 is 11.6 Å². The van der Waals surface area contributed by atoms with Gasteiger partial charge in [-0.05, 0) is 31.5 Å². The van der Waals surface area contributed by atoms with Gasteiger partial charge in [0.05, 0.1) is 0 Å². The molecule has 1 aromatic heterocycles. The summed E-state index contributed by atoms with van der Waals surface area (Å²) >= 11 is 5.84. The van der Waals surface area contributed by atoms with E-state index in [1.807, 2.05) is 6.92 Å². The van der Waals surface area contributed by atoms with Crippen molar-refractivity contribution in [3.63, 3.8) is 0 Å². The first-order valence-corrected chi connectivity index (χ1v) is 5.94. The molecule has 0 radical (unpaired) electrons. The minimum Gasteiger partial charge on any atom is -0.467 e. The van der Waals surface area contributed by atoms with Gasteiger partial charge in [-0.25, -0.2) is 4.79 Å². The summed E-state index contributed by atoms with van der Waals surface area (Å²) in [6.45, 7) is 4.41. The van der Waals surface area contributed by atoms with E-state index in [-0.39, 0.29) is 11.8 Å². The fourth-order valence-corrected chi connectivity index (χ4v) is 1.74. The number of halogens is 1. The van der Waals surface area contributed by atoms with Crippen LogP contribution < -0.4 is 10.4 Å². The van der Waals surface area contributed by atoms with Crippen molar-refractivity contribution in [2.24, 2.45) is 0 Å². The van der Waals surface area contributed by atoms with Gasteiger partial charge in [0.1, 0.15) is 16.4 Å². The van der Waals surface area contributed by atoms with E-state index in [9.17, 15) is 4.79 Å². The second kappa shape index (κ2) is 5.42. The predicted molar refractivity (Wildman–Crippen MR) is 69.4 cm³/mol. The van der Waals surface area contributed by atoms with Crippen LogP contribution in [0.5, 0.6) is 5.75 Å². The molecule has 96 valence electrons. The average molecular weight is 269 g/mol. The van der Waals surface area contributed by atoms with Crippen LogP contribution in [0.25, 0.3) is 11.0 Å². The third kappa shape index (κ3) is 2.49. The Hall–Kier alpha value is -1.52. The number of rotatable bonds is 4. The van der Waals surface area contributed by atoms with Crippen LogP contribution in [0.4, 0.5) is 0 Å². The number of aryl methyl sites for hydroxylation is 1. The highest BCUT2D eigenvalue weighted by atomic mass is 35.5. The highest BCUT2D eigenvalue weighted by Crippen LogP contribution is 2.25. The Morgan fingerprint density at radius 3 is 2.89 bits per heavy atom. The molecule has 0 unspecified atom stereocenters. The molecule has 0 bridgehead atoms. The van der Waals surface area contributed by atoms with Gasteiger partial charge in [-0.15, -0.1) is 0 Å². The standard InChI is InChI=1S/C13H13ClO4/c1-3-16-7-17-9-4-5-10-8(2)12(14)13(15)18-11(10)6-9/h4-6H,3,7H2,1-2H3. The van der Waals surface area contributed by atoms with Crippen molar-refractivity contribution >= 4 is 22.6 Å². The Kier molecular flexibility index (Phi) is 3.89. The van der Waals surface area contributed by atoms with Gasteiger partial charge >= 0.3 is 5.63 Å². The first kappa shape index (κ1) is 12.9. The molecule has 0 aliphatic rings. The third-order valence-corrected chi connectivity index (χ3v) is 3.02. The van der Waals surface area contributed by atoms with Crippen molar-refractivity contribution in [2.45, 2.75) is 13.8 Å². The summed E-state index contributed by atoms with van der Waals surface area (Å²) < 4.78 is 15.5. The zero-order chi connectivity index (χ0) is 13.1. The maximum atomic E-state index is 11.5. The lowest BCUT2D eigenvalue weighted by Crippen LogP contribution is -2.04. The summed E-state index contributed by atoms with van der Waals surface area (Å²) in [5, 5.41) is 0.911. The van der Waals surface area contributed by atoms with E-state index in [0.717, 1.165) is 5.39 Å². The molecule has 2 rings (SSSR count). The van der Waals surface area contributed by atoms with Gasteiger partial charge < -0.3 is 13.9 Å². The van der Waals surface area contributed by atoms with Crippen molar-refractivity contribution in [3.8, 4) is 5.75 Å². The average Bonchev–Trinajstić information content (AvgIpc) is 2.36. The fraction of sp³-hybridized carbons (Fsp3) is 0.308. The second-order valence-corrected chi connectivity index (χ2v) is 4.12. The minimum absolute atomic E-state index is 0.116. The molecule has 5 heteroatoms. The molecule has 0 saturated heterocycles. The molecule has 0 spiro atoms. The number of fused-ring (bicyclic) bond motifs is 1. The van der Waals surface area contributed by atoms with Crippen LogP contribution in [-0.4, -0.2) is 13.4 Å². The highest BCUT2D eigenvalue weighted by Gasteiger charge is 2.09. The number of hydrogen-bond donors (Lipinski definition) is 0. The number of benzene rings is 1. The molecule has 0 aliphatic heterocycles. The molecule has 0 atom stereocenters. The van der Waals surface area contributed by atoms with Crippen LogP contribution in [0.3, 0.4) is 0 Å². The van der Waals surface area contributed by atoms with E-state index in [1.54, 1.807) is 25.1 Å². The topological polar surface area (TPSA) is 48.7 Å². The normalized spacial score (nSPS) is 10.8. The lowest BCUT2D eigenvalue weighted by atomic mass is 10.1. The molecular formula is C13H13ClO4. The van der Waals surface area contributed by atoms with E-state index in [2.05, 4.69) is 0 Å². The molecule has 2 aromatic rings.